The van der Waals surface area contributed by atoms with Crippen LogP contribution in [-0.4, -0.2) is 32.2 Å². The molecule has 1 aliphatic rings. The van der Waals surface area contributed by atoms with Crippen LogP contribution in [0.2, 0.25) is 5.02 Å². The van der Waals surface area contributed by atoms with E-state index >= 15 is 0 Å². The minimum Gasteiger partial charge on any atom is -0.349 e. The van der Waals surface area contributed by atoms with Gasteiger partial charge in [-0.2, -0.15) is 4.68 Å². The SMILES string of the molecule is O=C(NC1CCCCC1)c1ccc(Cl)cc1-n1cnnn1. The first-order chi connectivity index (χ1) is 10.2. The Balaban J connectivity index is 1.85. The van der Waals surface area contributed by atoms with Crippen LogP contribution < -0.4 is 5.32 Å². The van der Waals surface area contributed by atoms with Crippen molar-refractivity contribution in [3.63, 3.8) is 0 Å². The molecule has 1 aliphatic carbocycles. The highest BCUT2D eigenvalue weighted by Crippen LogP contribution is 2.21. The van der Waals surface area contributed by atoms with Gasteiger partial charge < -0.3 is 5.32 Å². The molecule has 6 nitrogen and oxygen atoms in total. The van der Waals surface area contributed by atoms with Crippen LogP contribution >= 0.6 is 11.6 Å². The summed E-state index contributed by atoms with van der Waals surface area (Å²) in [6.45, 7) is 0. The molecule has 1 heterocycles. The van der Waals surface area contributed by atoms with Crippen molar-refractivity contribution in [2.45, 2.75) is 38.1 Å². The van der Waals surface area contributed by atoms with E-state index in [-0.39, 0.29) is 11.9 Å². The van der Waals surface area contributed by atoms with Gasteiger partial charge in [0.05, 0.1) is 11.3 Å². The molecule has 0 saturated heterocycles. The molecule has 1 amide bonds. The third kappa shape index (κ3) is 3.21. The number of halogens is 1. The maximum atomic E-state index is 12.5. The van der Waals surface area contributed by atoms with Crippen molar-refractivity contribution < 1.29 is 4.79 Å². The lowest BCUT2D eigenvalue weighted by molar-refractivity contribution is 0.0927. The maximum Gasteiger partial charge on any atom is 0.253 e. The van der Waals surface area contributed by atoms with E-state index in [1.807, 2.05) is 0 Å². The van der Waals surface area contributed by atoms with E-state index in [0.717, 1.165) is 12.8 Å². The van der Waals surface area contributed by atoms with Gasteiger partial charge in [-0.15, -0.1) is 5.10 Å². The second-order valence-electron chi connectivity index (χ2n) is 5.22. The van der Waals surface area contributed by atoms with Gasteiger partial charge in [0, 0.05) is 11.1 Å². The molecule has 7 heteroatoms. The molecular formula is C14H16ClN5O. The first kappa shape index (κ1) is 14.0. The summed E-state index contributed by atoms with van der Waals surface area (Å²) in [6, 6.07) is 5.35. The van der Waals surface area contributed by atoms with E-state index in [4.69, 9.17) is 11.6 Å². The zero-order valence-electron chi connectivity index (χ0n) is 11.5. The first-order valence-corrected chi connectivity index (χ1v) is 7.45. The molecule has 1 saturated carbocycles. The molecule has 110 valence electrons. The van der Waals surface area contributed by atoms with Gasteiger partial charge in [-0.3, -0.25) is 4.79 Å². The smallest absolute Gasteiger partial charge is 0.253 e. The molecule has 0 radical (unpaired) electrons. The number of hydrogen-bond donors (Lipinski definition) is 1. The lowest BCUT2D eigenvalue weighted by Gasteiger charge is -2.23. The first-order valence-electron chi connectivity index (χ1n) is 7.08. The number of carbonyl (C=O) groups is 1. The fraction of sp³-hybridized carbons (Fsp3) is 0.429. The van der Waals surface area contributed by atoms with Gasteiger partial charge in [0.1, 0.15) is 6.33 Å². The van der Waals surface area contributed by atoms with E-state index in [2.05, 4.69) is 20.8 Å². The second-order valence-corrected chi connectivity index (χ2v) is 5.66. The Morgan fingerprint density at radius 2 is 2.10 bits per heavy atom. The van der Waals surface area contributed by atoms with Gasteiger partial charge in [-0.25, -0.2) is 0 Å². The second kappa shape index (κ2) is 6.22. The minimum absolute atomic E-state index is 0.107. The highest BCUT2D eigenvalue weighted by Gasteiger charge is 2.19. The van der Waals surface area contributed by atoms with Crippen molar-refractivity contribution in [3.8, 4) is 5.69 Å². The molecule has 0 spiro atoms. The molecule has 0 atom stereocenters. The molecule has 0 unspecified atom stereocenters. The molecular weight excluding hydrogens is 290 g/mol. The summed E-state index contributed by atoms with van der Waals surface area (Å²) in [4.78, 5) is 12.5. The molecule has 0 aliphatic heterocycles. The van der Waals surface area contributed by atoms with Crippen molar-refractivity contribution in [2.75, 3.05) is 0 Å². The minimum atomic E-state index is -0.107. The van der Waals surface area contributed by atoms with Crippen molar-refractivity contribution in [3.05, 3.63) is 35.1 Å². The van der Waals surface area contributed by atoms with Crippen LogP contribution in [0.3, 0.4) is 0 Å². The molecule has 1 aromatic heterocycles. The maximum absolute atomic E-state index is 12.5. The molecule has 3 rings (SSSR count). The standard InChI is InChI=1S/C14H16ClN5O/c15-10-6-7-12(13(8-10)20-9-16-18-19-20)14(21)17-11-4-2-1-3-5-11/h6-9,11H,1-5H2,(H,17,21). The fourth-order valence-electron chi connectivity index (χ4n) is 2.67. The van der Waals surface area contributed by atoms with Crippen molar-refractivity contribution >= 4 is 17.5 Å². The number of aromatic nitrogens is 4. The number of rotatable bonds is 3. The summed E-state index contributed by atoms with van der Waals surface area (Å²) < 4.78 is 1.45. The lowest BCUT2D eigenvalue weighted by atomic mass is 9.95. The summed E-state index contributed by atoms with van der Waals surface area (Å²) in [5, 5.41) is 14.7. The van der Waals surface area contributed by atoms with Crippen molar-refractivity contribution in [1.82, 2.24) is 25.5 Å². The van der Waals surface area contributed by atoms with E-state index in [1.54, 1.807) is 18.2 Å². The van der Waals surface area contributed by atoms with Gasteiger partial charge in [0.15, 0.2) is 0 Å². The number of nitrogens with zero attached hydrogens (tertiary/aromatic N) is 4. The van der Waals surface area contributed by atoms with Gasteiger partial charge in [0.2, 0.25) is 0 Å². The molecule has 2 aromatic rings. The summed E-state index contributed by atoms with van der Waals surface area (Å²) in [6.07, 6.45) is 7.13. The number of hydrogen-bond acceptors (Lipinski definition) is 4. The van der Waals surface area contributed by atoms with Gasteiger partial charge in [0.25, 0.3) is 5.91 Å². The van der Waals surface area contributed by atoms with Crippen LogP contribution in [-0.2, 0) is 0 Å². The molecule has 21 heavy (non-hydrogen) atoms. The van der Waals surface area contributed by atoms with Crippen LogP contribution in [0, 0.1) is 0 Å². The Morgan fingerprint density at radius 3 is 2.81 bits per heavy atom. The van der Waals surface area contributed by atoms with Crippen molar-refractivity contribution in [1.29, 1.82) is 0 Å². The summed E-state index contributed by atoms with van der Waals surface area (Å²) >= 11 is 6.02. The predicted octanol–water partition coefficient (Wildman–Crippen LogP) is 2.38. The summed E-state index contributed by atoms with van der Waals surface area (Å²) in [5.41, 5.74) is 1.11. The van der Waals surface area contributed by atoms with E-state index in [1.165, 1.54) is 30.3 Å². The Kier molecular flexibility index (Phi) is 4.15. The van der Waals surface area contributed by atoms with Crippen molar-refractivity contribution in [2.24, 2.45) is 0 Å². The highest BCUT2D eigenvalue weighted by molar-refractivity contribution is 6.31. The van der Waals surface area contributed by atoms with Crippen LogP contribution in [0.15, 0.2) is 24.5 Å². The van der Waals surface area contributed by atoms with Crippen LogP contribution in [0.1, 0.15) is 42.5 Å². The fourth-order valence-corrected chi connectivity index (χ4v) is 2.83. The number of tetrazole rings is 1. The Bertz CT molecular complexity index is 622. The number of carbonyl (C=O) groups excluding carboxylic acids is 1. The zero-order valence-corrected chi connectivity index (χ0v) is 12.3. The average molecular weight is 306 g/mol. The number of benzene rings is 1. The molecule has 0 bridgehead atoms. The quantitative estimate of drug-likeness (QED) is 0.945. The summed E-state index contributed by atoms with van der Waals surface area (Å²) in [5.74, 6) is -0.107. The Morgan fingerprint density at radius 1 is 1.29 bits per heavy atom. The van der Waals surface area contributed by atoms with Gasteiger partial charge in [-0.1, -0.05) is 30.9 Å². The lowest BCUT2D eigenvalue weighted by Crippen LogP contribution is -2.36. The number of amides is 1. The van der Waals surface area contributed by atoms with E-state index in [0.29, 0.717) is 16.3 Å². The molecule has 1 N–H and O–H groups in total. The zero-order chi connectivity index (χ0) is 14.7. The van der Waals surface area contributed by atoms with Crippen LogP contribution in [0.5, 0.6) is 0 Å². The summed E-state index contributed by atoms with van der Waals surface area (Å²) in [7, 11) is 0. The predicted molar refractivity (Wildman–Crippen MR) is 78.5 cm³/mol. The third-order valence-electron chi connectivity index (χ3n) is 3.74. The van der Waals surface area contributed by atoms with Crippen LogP contribution in [0.4, 0.5) is 0 Å². The normalized spacial score (nSPS) is 15.9. The highest BCUT2D eigenvalue weighted by atomic mass is 35.5. The Labute approximate surface area is 127 Å². The topological polar surface area (TPSA) is 72.7 Å². The molecule has 1 aromatic carbocycles. The van der Waals surface area contributed by atoms with Crippen LogP contribution in [0.25, 0.3) is 5.69 Å². The number of nitrogens with one attached hydrogen (secondary N) is 1. The van der Waals surface area contributed by atoms with E-state index < -0.39 is 0 Å². The average Bonchev–Trinajstić information content (AvgIpc) is 3.02. The van der Waals surface area contributed by atoms with Gasteiger partial charge >= 0.3 is 0 Å². The molecule has 1 fully saturated rings. The monoisotopic (exact) mass is 305 g/mol. The van der Waals surface area contributed by atoms with E-state index in [9.17, 15) is 4.79 Å². The third-order valence-corrected chi connectivity index (χ3v) is 3.98. The largest absolute Gasteiger partial charge is 0.349 e. The van der Waals surface area contributed by atoms with Gasteiger partial charge in [-0.05, 0) is 41.5 Å². The Hall–Kier alpha value is -1.95.